The van der Waals surface area contributed by atoms with Crippen molar-refractivity contribution in [3.05, 3.63) is 6.92 Å². The molecule has 0 N–H and O–H groups in total. The van der Waals surface area contributed by atoms with E-state index in [9.17, 15) is 4.79 Å². The first kappa shape index (κ1) is 12.5. The van der Waals surface area contributed by atoms with Gasteiger partial charge in [-0.2, -0.15) is 0 Å². The minimum atomic E-state index is -0.285. The van der Waals surface area contributed by atoms with Crippen LogP contribution in [0.15, 0.2) is 0 Å². The van der Waals surface area contributed by atoms with Crippen LogP contribution in [0.4, 0.5) is 0 Å². The second kappa shape index (κ2) is 5.31. The van der Waals surface area contributed by atoms with Crippen molar-refractivity contribution in [2.75, 3.05) is 19.8 Å². The maximum atomic E-state index is 10.9. The van der Waals surface area contributed by atoms with Crippen LogP contribution in [0, 0.1) is 18.8 Å². The molecule has 73 valence electrons. The van der Waals surface area contributed by atoms with Crippen molar-refractivity contribution in [2.24, 2.45) is 0 Å². The Balaban J connectivity index is 4.45. The summed E-state index contributed by atoms with van der Waals surface area (Å²) in [6.45, 7) is 8.38. The van der Waals surface area contributed by atoms with Gasteiger partial charge in [-0.1, -0.05) is 17.7 Å². The molecule has 0 saturated heterocycles. The molecule has 0 aliphatic carbocycles. The highest BCUT2D eigenvalue weighted by Crippen LogP contribution is 2.09. The zero-order valence-electron chi connectivity index (χ0n) is 8.68. The van der Waals surface area contributed by atoms with Crippen molar-refractivity contribution in [1.82, 2.24) is 4.90 Å². The number of carbonyl (C=O) groups is 1. The average Bonchev–Trinajstić information content (AvgIpc) is 2.12. The fraction of sp³-hybridized carbons (Fsp3) is 0.600. The van der Waals surface area contributed by atoms with Gasteiger partial charge in [-0.3, -0.25) is 9.69 Å². The molecule has 13 heavy (non-hydrogen) atoms. The first-order chi connectivity index (χ1) is 5.94. The molecular formula is C10H16NOS. The molecule has 0 fully saturated rings. The standard InChI is InChI=1S/C10H16NOS/c1-6-11(4)10(2,3)8-7-9(12)13-5/h1,6H2,2-5H3. The topological polar surface area (TPSA) is 20.3 Å². The molecule has 0 aliphatic rings. The van der Waals surface area contributed by atoms with Crippen molar-refractivity contribution >= 4 is 16.9 Å². The van der Waals surface area contributed by atoms with Crippen molar-refractivity contribution in [3.63, 3.8) is 0 Å². The van der Waals surface area contributed by atoms with Crippen molar-refractivity contribution in [3.8, 4) is 11.8 Å². The van der Waals surface area contributed by atoms with E-state index in [4.69, 9.17) is 0 Å². The van der Waals surface area contributed by atoms with Crippen LogP contribution in [0.1, 0.15) is 13.8 Å². The molecule has 2 nitrogen and oxygen atoms in total. The van der Waals surface area contributed by atoms with Crippen molar-refractivity contribution in [2.45, 2.75) is 19.4 Å². The van der Waals surface area contributed by atoms with Crippen LogP contribution >= 0.6 is 11.8 Å². The second-order valence-electron chi connectivity index (χ2n) is 3.22. The van der Waals surface area contributed by atoms with Crippen LogP contribution in [0.2, 0.25) is 0 Å². The Labute approximate surface area is 85.1 Å². The van der Waals surface area contributed by atoms with Gasteiger partial charge in [-0.05, 0) is 46.5 Å². The molecule has 0 spiro atoms. The average molecular weight is 198 g/mol. The summed E-state index contributed by atoms with van der Waals surface area (Å²) < 4.78 is 0. The highest BCUT2D eigenvalue weighted by molar-refractivity contribution is 8.13. The smallest absolute Gasteiger partial charge is 0.262 e. The van der Waals surface area contributed by atoms with Crippen molar-refractivity contribution in [1.29, 1.82) is 0 Å². The molecule has 0 saturated carbocycles. The first-order valence-corrected chi connectivity index (χ1v) is 5.28. The normalized spacial score (nSPS) is 10.9. The predicted molar refractivity (Wildman–Crippen MR) is 58.4 cm³/mol. The summed E-state index contributed by atoms with van der Waals surface area (Å²) in [4.78, 5) is 12.9. The lowest BCUT2D eigenvalue weighted by Crippen LogP contribution is -2.39. The van der Waals surface area contributed by atoms with Crippen LogP contribution < -0.4 is 0 Å². The van der Waals surface area contributed by atoms with Gasteiger partial charge in [0.25, 0.3) is 5.12 Å². The minimum Gasteiger partial charge on any atom is -0.291 e. The molecule has 1 radical (unpaired) electrons. The summed E-state index contributed by atoms with van der Waals surface area (Å²) >= 11 is 1.14. The largest absolute Gasteiger partial charge is 0.291 e. The molecule has 0 bridgehead atoms. The fourth-order valence-corrected chi connectivity index (χ4v) is 0.783. The lowest BCUT2D eigenvalue weighted by molar-refractivity contribution is -0.106. The molecule has 0 unspecified atom stereocenters. The van der Waals surface area contributed by atoms with E-state index in [2.05, 4.69) is 18.8 Å². The number of rotatable bonds is 2. The summed E-state index contributed by atoms with van der Waals surface area (Å²) in [5, 5.41) is -0.0921. The number of nitrogens with zero attached hydrogens (tertiary/aromatic N) is 1. The van der Waals surface area contributed by atoms with Gasteiger partial charge in [0.15, 0.2) is 0 Å². The van der Waals surface area contributed by atoms with E-state index < -0.39 is 0 Å². The third-order valence-electron chi connectivity index (χ3n) is 1.95. The Hall–Kier alpha value is -0.460. The van der Waals surface area contributed by atoms with E-state index in [1.807, 2.05) is 25.8 Å². The van der Waals surface area contributed by atoms with Gasteiger partial charge >= 0.3 is 0 Å². The Kier molecular flexibility index (Phi) is 5.12. The Morgan fingerprint density at radius 1 is 1.62 bits per heavy atom. The van der Waals surface area contributed by atoms with Crippen LogP contribution in [0.3, 0.4) is 0 Å². The van der Waals surface area contributed by atoms with Crippen LogP contribution in [0.25, 0.3) is 0 Å². The van der Waals surface area contributed by atoms with Gasteiger partial charge in [0, 0.05) is 0 Å². The second-order valence-corrected chi connectivity index (χ2v) is 4.00. The van der Waals surface area contributed by atoms with Crippen molar-refractivity contribution < 1.29 is 4.79 Å². The minimum absolute atomic E-state index is 0.0921. The van der Waals surface area contributed by atoms with Gasteiger partial charge in [-0.25, -0.2) is 0 Å². The molecule has 3 heteroatoms. The van der Waals surface area contributed by atoms with E-state index in [-0.39, 0.29) is 10.7 Å². The van der Waals surface area contributed by atoms with Gasteiger partial charge in [0.05, 0.1) is 5.54 Å². The zero-order valence-corrected chi connectivity index (χ0v) is 9.49. The molecule has 0 amide bonds. The molecule has 0 aromatic rings. The Bertz CT molecular complexity index is 237. The summed E-state index contributed by atoms with van der Waals surface area (Å²) in [5.74, 6) is 5.52. The van der Waals surface area contributed by atoms with Crippen LogP contribution in [0.5, 0.6) is 0 Å². The van der Waals surface area contributed by atoms with Crippen LogP contribution in [-0.4, -0.2) is 35.4 Å². The quantitative estimate of drug-likeness (QED) is 0.626. The zero-order chi connectivity index (χ0) is 10.5. The third kappa shape index (κ3) is 4.35. The maximum Gasteiger partial charge on any atom is 0.262 e. The summed E-state index contributed by atoms with van der Waals surface area (Å²) in [5.41, 5.74) is -0.285. The highest BCUT2D eigenvalue weighted by Gasteiger charge is 2.18. The third-order valence-corrected chi connectivity index (χ3v) is 2.42. The molecule has 0 atom stereocenters. The SMILES string of the molecule is [CH2]CN(C)C(C)(C)C#CC(=O)SC. The van der Waals surface area contributed by atoms with E-state index in [1.54, 1.807) is 6.26 Å². The maximum absolute atomic E-state index is 10.9. The molecular weight excluding hydrogens is 182 g/mol. The Morgan fingerprint density at radius 3 is 2.54 bits per heavy atom. The molecule has 0 rings (SSSR count). The lowest BCUT2D eigenvalue weighted by Gasteiger charge is -2.29. The number of thioether (sulfide) groups is 1. The molecule has 0 heterocycles. The fourth-order valence-electron chi connectivity index (χ4n) is 0.630. The number of carbonyl (C=O) groups excluding carboxylic acids is 1. The van der Waals surface area contributed by atoms with Gasteiger partial charge in [0.2, 0.25) is 0 Å². The van der Waals surface area contributed by atoms with Gasteiger partial charge in [-0.15, -0.1) is 0 Å². The summed E-state index contributed by atoms with van der Waals surface area (Å²) in [7, 11) is 1.94. The van der Waals surface area contributed by atoms with E-state index in [0.29, 0.717) is 6.54 Å². The van der Waals surface area contributed by atoms with Gasteiger partial charge < -0.3 is 0 Å². The Morgan fingerprint density at radius 2 is 2.15 bits per heavy atom. The van der Waals surface area contributed by atoms with Crippen LogP contribution in [-0.2, 0) is 4.79 Å². The summed E-state index contributed by atoms with van der Waals surface area (Å²) in [6.07, 6.45) is 1.73. The number of hydrogen-bond acceptors (Lipinski definition) is 3. The lowest BCUT2D eigenvalue weighted by atomic mass is 10.1. The van der Waals surface area contributed by atoms with E-state index in [0.717, 1.165) is 11.8 Å². The highest BCUT2D eigenvalue weighted by atomic mass is 32.2. The van der Waals surface area contributed by atoms with Gasteiger partial charge in [0.1, 0.15) is 0 Å². The number of hydrogen-bond donors (Lipinski definition) is 0. The molecule has 0 aromatic carbocycles. The molecule has 0 aliphatic heterocycles. The predicted octanol–water partition coefficient (Wildman–Crippen LogP) is 1.42. The van der Waals surface area contributed by atoms with E-state index >= 15 is 0 Å². The van der Waals surface area contributed by atoms with E-state index in [1.165, 1.54) is 0 Å². The first-order valence-electron chi connectivity index (χ1n) is 4.05. The summed E-state index contributed by atoms with van der Waals surface area (Å²) in [6, 6.07) is 0. The monoisotopic (exact) mass is 198 g/mol. The molecule has 0 aromatic heterocycles.